The number of hydrogen-bond donors (Lipinski definition) is 1. The van der Waals surface area contributed by atoms with Crippen molar-refractivity contribution >= 4 is 11.6 Å². The Morgan fingerprint density at radius 3 is 2.67 bits per heavy atom. The number of benzene rings is 1. The molecule has 0 bridgehead atoms. The maximum Gasteiger partial charge on any atom is 0.0406 e. The molecule has 0 spiro atoms. The molecular weight excluding hydrogens is 280 g/mol. The standard InChI is InChI=1S/C18H29ClN2/c1-3-15-5-4-12-21(13-10-15)14-11-18(20-2)16-6-8-17(19)9-7-16/h6-9,15,18,20H,3-5,10-14H2,1-2H3. The van der Waals surface area contributed by atoms with Crippen molar-refractivity contribution in [3.05, 3.63) is 34.9 Å². The fourth-order valence-corrected chi connectivity index (χ4v) is 3.47. The molecule has 2 nitrogen and oxygen atoms in total. The molecule has 0 radical (unpaired) electrons. The van der Waals surface area contributed by atoms with E-state index in [1.54, 1.807) is 0 Å². The molecule has 1 saturated heterocycles. The van der Waals surface area contributed by atoms with Crippen LogP contribution in [0.4, 0.5) is 0 Å². The molecule has 1 aliphatic heterocycles. The van der Waals surface area contributed by atoms with Crippen molar-refractivity contribution in [2.75, 3.05) is 26.7 Å². The van der Waals surface area contributed by atoms with Gasteiger partial charge in [-0.15, -0.1) is 0 Å². The van der Waals surface area contributed by atoms with Gasteiger partial charge in [-0.2, -0.15) is 0 Å². The van der Waals surface area contributed by atoms with Gasteiger partial charge in [-0.05, 0) is 76.0 Å². The predicted octanol–water partition coefficient (Wildman–Crippen LogP) is 4.50. The zero-order valence-corrected chi connectivity index (χ0v) is 14.2. The maximum absolute atomic E-state index is 5.98. The van der Waals surface area contributed by atoms with Gasteiger partial charge in [-0.25, -0.2) is 0 Å². The first-order chi connectivity index (χ1) is 10.2. The smallest absolute Gasteiger partial charge is 0.0406 e. The Kier molecular flexibility index (Phi) is 7.01. The molecule has 0 saturated carbocycles. The summed E-state index contributed by atoms with van der Waals surface area (Å²) in [5, 5.41) is 4.25. The summed E-state index contributed by atoms with van der Waals surface area (Å²) in [6.45, 7) is 6.06. The average Bonchev–Trinajstić information content (AvgIpc) is 2.74. The van der Waals surface area contributed by atoms with Crippen LogP contribution in [-0.4, -0.2) is 31.6 Å². The Labute approximate surface area is 134 Å². The van der Waals surface area contributed by atoms with E-state index in [2.05, 4.69) is 36.3 Å². The first kappa shape index (κ1) is 16.8. The molecule has 1 aliphatic rings. The molecule has 1 aromatic carbocycles. The van der Waals surface area contributed by atoms with Gasteiger partial charge in [-0.1, -0.05) is 37.1 Å². The Balaban J connectivity index is 1.84. The van der Waals surface area contributed by atoms with Crippen molar-refractivity contribution in [3.8, 4) is 0 Å². The molecule has 1 aromatic rings. The number of nitrogens with zero attached hydrogens (tertiary/aromatic N) is 1. The highest BCUT2D eigenvalue weighted by Crippen LogP contribution is 2.23. The van der Waals surface area contributed by atoms with Crippen LogP contribution in [0.3, 0.4) is 0 Å². The summed E-state index contributed by atoms with van der Waals surface area (Å²) >= 11 is 5.98. The summed E-state index contributed by atoms with van der Waals surface area (Å²) in [5.41, 5.74) is 1.34. The summed E-state index contributed by atoms with van der Waals surface area (Å²) in [6.07, 6.45) is 6.66. The van der Waals surface area contributed by atoms with Gasteiger partial charge in [-0.3, -0.25) is 0 Å². The van der Waals surface area contributed by atoms with Crippen molar-refractivity contribution < 1.29 is 0 Å². The van der Waals surface area contributed by atoms with Gasteiger partial charge in [0.1, 0.15) is 0 Å². The Morgan fingerprint density at radius 1 is 1.24 bits per heavy atom. The van der Waals surface area contributed by atoms with E-state index in [1.807, 2.05) is 12.1 Å². The highest BCUT2D eigenvalue weighted by molar-refractivity contribution is 6.30. The molecule has 1 heterocycles. The average molecular weight is 309 g/mol. The minimum absolute atomic E-state index is 0.424. The second kappa shape index (κ2) is 8.77. The quantitative estimate of drug-likeness (QED) is 0.832. The third-order valence-electron chi connectivity index (χ3n) is 4.87. The predicted molar refractivity (Wildman–Crippen MR) is 91.9 cm³/mol. The van der Waals surface area contributed by atoms with E-state index in [-0.39, 0.29) is 0 Å². The molecule has 2 rings (SSSR count). The lowest BCUT2D eigenvalue weighted by atomic mass is 9.98. The fourth-order valence-electron chi connectivity index (χ4n) is 3.34. The highest BCUT2D eigenvalue weighted by Gasteiger charge is 2.17. The maximum atomic E-state index is 5.98. The SMILES string of the molecule is CCC1CCCN(CCC(NC)c2ccc(Cl)cc2)CC1. The lowest BCUT2D eigenvalue weighted by molar-refractivity contribution is 0.264. The van der Waals surface area contributed by atoms with E-state index in [0.717, 1.165) is 17.4 Å². The number of halogens is 1. The van der Waals surface area contributed by atoms with Crippen LogP contribution in [0, 0.1) is 5.92 Å². The van der Waals surface area contributed by atoms with Crippen molar-refractivity contribution in [1.82, 2.24) is 10.2 Å². The molecule has 1 fully saturated rings. The molecule has 0 amide bonds. The third kappa shape index (κ3) is 5.28. The Hall–Kier alpha value is -0.570. The molecule has 2 unspecified atom stereocenters. The largest absolute Gasteiger partial charge is 0.313 e. The Bertz CT molecular complexity index is 404. The summed E-state index contributed by atoms with van der Waals surface area (Å²) < 4.78 is 0. The van der Waals surface area contributed by atoms with Gasteiger partial charge in [0.25, 0.3) is 0 Å². The van der Waals surface area contributed by atoms with Gasteiger partial charge in [0.15, 0.2) is 0 Å². The van der Waals surface area contributed by atoms with Gasteiger partial charge in [0, 0.05) is 11.1 Å². The second-order valence-corrected chi connectivity index (χ2v) is 6.66. The second-order valence-electron chi connectivity index (χ2n) is 6.23. The molecule has 21 heavy (non-hydrogen) atoms. The van der Waals surface area contributed by atoms with Crippen molar-refractivity contribution in [3.63, 3.8) is 0 Å². The first-order valence-electron chi connectivity index (χ1n) is 8.38. The van der Waals surface area contributed by atoms with Crippen LogP contribution in [0.25, 0.3) is 0 Å². The number of rotatable bonds is 6. The van der Waals surface area contributed by atoms with E-state index in [0.29, 0.717) is 6.04 Å². The van der Waals surface area contributed by atoms with Crippen LogP contribution in [0.15, 0.2) is 24.3 Å². The Morgan fingerprint density at radius 2 is 2.00 bits per heavy atom. The summed E-state index contributed by atoms with van der Waals surface area (Å²) in [6, 6.07) is 8.67. The third-order valence-corrected chi connectivity index (χ3v) is 5.12. The van der Waals surface area contributed by atoms with Crippen LogP contribution in [0.1, 0.15) is 50.6 Å². The van der Waals surface area contributed by atoms with E-state index in [4.69, 9.17) is 11.6 Å². The van der Waals surface area contributed by atoms with E-state index < -0.39 is 0 Å². The van der Waals surface area contributed by atoms with E-state index in [1.165, 1.54) is 50.9 Å². The summed E-state index contributed by atoms with van der Waals surface area (Å²) in [5.74, 6) is 0.950. The van der Waals surface area contributed by atoms with Crippen LogP contribution in [0.5, 0.6) is 0 Å². The highest BCUT2D eigenvalue weighted by atomic mass is 35.5. The molecule has 118 valence electrons. The number of hydrogen-bond acceptors (Lipinski definition) is 2. The van der Waals surface area contributed by atoms with Crippen LogP contribution >= 0.6 is 11.6 Å². The monoisotopic (exact) mass is 308 g/mol. The van der Waals surface area contributed by atoms with Crippen molar-refractivity contribution in [2.45, 2.75) is 45.1 Å². The molecule has 0 aliphatic carbocycles. The molecule has 2 atom stereocenters. The van der Waals surface area contributed by atoms with Gasteiger partial charge in [0.2, 0.25) is 0 Å². The van der Waals surface area contributed by atoms with Crippen molar-refractivity contribution in [1.29, 1.82) is 0 Å². The topological polar surface area (TPSA) is 15.3 Å². The van der Waals surface area contributed by atoms with Crippen LogP contribution in [0.2, 0.25) is 5.02 Å². The zero-order chi connectivity index (χ0) is 15.1. The van der Waals surface area contributed by atoms with E-state index >= 15 is 0 Å². The van der Waals surface area contributed by atoms with E-state index in [9.17, 15) is 0 Å². The number of likely N-dealkylation sites (tertiary alicyclic amines) is 1. The minimum atomic E-state index is 0.424. The van der Waals surface area contributed by atoms with Gasteiger partial charge >= 0.3 is 0 Å². The summed E-state index contributed by atoms with van der Waals surface area (Å²) in [4.78, 5) is 2.65. The molecule has 3 heteroatoms. The number of nitrogens with one attached hydrogen (secondary N) is 1. The lowest BCUT2D eigenvalue weighted by Gasteiger charge is -2.24. The molecular formula is C18H29ClN2. The van der Waals surface area contributed by atoms with Crippen molar-refractivity contribution in [2.24, 2.45) is 5.92 Å². The normalized spacial score (nSPS) is 22.0. The minimum Gasteiger partial charge on any atom is -0.313 e. The van der Waals surface area contributed by atoms with Gasteiger partial charge in [0.05, 0.1) is 0 Å². The molecule has 1 N–H and O–H groups in total. The summed E-state index contributed by atoms with van der Waals surface area (Å²) in [7, 11) is 2.05. The molecule has 0 aromatic heterocycles. The van der Waals surface area contributed by atoms with Crippen LogP contribution < -0.4 is 5.32 Å². The first-order valence-corrected chi connectivity index (χ1v) is 8.75. The lowest BCUT2D eigenvalue weighted by Crippen LogP contribution is -2.29. The van der Waals surface area contributed by atoms with Crippen LogP contribution in [-0.2, 0) is 0 Å². The fraction of sp³-hybridized carbons (Fsp3) is 0.667. The zero-order valence-electron chi connectivity index (χ0n) is 13.4. The van der Waals surface area contributed by atoms with Gasteiger partial charge < -0.3 is 10.2 Å².